The summed E-state index contributed by atoms with van der Waals surface area (Å²) in [5, 5.41) is 4.38. The van der Waals surface area contributed by atoms with Gasteiger partial charge in [-0.05, 0) is 103 Å². The monoisotopic (exact) mass is 694 g/mol. The molecule has 0 aliphatic heterocycles. The first-order chi connectivity index (χ1) is 22.7. The summed E-state index contributed by atoms with van der Waals surface area (Å²) in [6, 6.07) is 49.3. The normalized spacial score (nSPS) is 26.9. The summed E-state index contributed by atoms with van der Waals surface area (Å²) < 4.78 is 0. The van der Waals surface area contributed by atoms with Crippen molar-refractivity contribution >= 4 is 31.8 Å². The number of benzene rings is 3. The third-order valence-corrected chi connectivity index (χ3v) is 18.4. The van der Waals surface area contributed by atoms with Crippen molar-refractivity contribution in [2.45, 2.75) is 75.3 Å². The van der Waals surface area contributed by atoms with E-state index in [1.165, 1.54) is 52.7 Å². The molecule has 9 rings (SSSR count). The average Bonchev–Trinajstić information content (AvgIpc) is 3.97. The molecule has 4 bridgehead atoms. The van der Waals surface area contributed by atoms with E-state index in [0.29, 0.717) is 5.66 Å². The zero-order valence-electron chi connectivity index (χ0n) is 27.6. The SMILES string of the molecule is C[C@@H]([c-]1cccc1-c1ccccc1P(c1ccccc1)c1ccccc1)P(C1CC2CCC1C2)C1CC2CCC1C2.[Fe].[cH-]1[cH-][cH-][cH-][cH-]1. The Morgan fingerprint density at radius 2 is 1.11 bits per heavy atom. The Hall–Kier alpha value is -2.26. The molecule has 4 aliphatic rings. The minimum atomic E-state index is -0.639. The van der Waals surface area contributed by atoms with Gasteiger partial charge in [-0.25, -0.2) is 0 Å². The molecule has 0 spiro atoms. The molecule has 248 valence electrons. The van der Waals surface area contributed by atoms with E-state index in [1.54, 1.807) is 31.2 Å². The first-order valence-corrected chi connectivity index (χ1v) is 20.8. The van der Waals surface area contributed by atoms with Gasteiger partial charge in [-0.3, -0.25) is 0 Å². The fourth-order valence-electron chi connectivity index (χ4n) is 9.98. The average molecular weight is 695 g/mol. The Morgan fingerprint density at radius 3 is 1.60 bits per heavy atom. The van der Waals surface area contributed by atoms with Crippen LogP contribution in [0.15, 0.2) is 133 Å². The maximum absolute atomic E-state index is 2.67. The Balaban J connectivity index is 0.000000538. The van der Waals surface area contributed by atoms with Crippen LogP contribution in [0, 0.1) is 23.7 Å². The van der Waals surface area contributed by atoms with Gasteiger partial charge in [0.2, 0.25) is 0 Å². The number of hydrogen-bond acceptors (Lipinski definition) is 0. The van der Waals surface area contributed by atoms with Crippen LogP contribution in [-0.4, -0.2) is 11.3 Å². The van der Waals surface area contributed by atoms with E-state index in [-0.39, 0.29) is 25.0 Å². The molecule has 0 saturated heterocycles. The molecule has 5 aromatic carbocycles. The molecular formula is C44H48FeP2-6. The van der Waals surface area contributed by atoms with Crippen molar-refractivity contribution in [2.24, 2.45) is 23.7 Å². The van der Waals surface area contributed by atoms with Crippen LogP contribution in [0.1, 0.15) is 69.5 Å². The van der Waals surface area contributed by atoms with Gasteiger partial charge in [0.25, 0.3) is 0 Å². The summed E-state index contributed by atoms with van der Waals surface area (Å²) in [7, 11) is -0.657. The van der Waals surface area contributed by atoms with Crippen LogP contribution in [-0.2, 0) is 17.1 Å². The summed E-state index contributed by atoms with van der Waals surface area (Å²) in [6.45, 7) is 2.67. The maximum atomic E-state index is 2.67. The van der Waals surface area contributed by atoms with Gasteiger partial charge in [-0.2, -0.15) is 12.1 Å². The molecule has 7 atom stereocenters. The Bertz CT molecular complexity index is 1590. The van der Waals surface area contributed by atoms with Gasteiger partial charge < -0.3 is 30.3 Å². The van der Waals surface area contributed by atoms with E-state index < -0.39 is 7.92 Å². The second-order valence-corrected chi connectivity index (χ2v) is 19.7. The molecule has 3 heteroatoms. The first-order valence-electron chi connectivity index (χ1n) is 17.9. The summed E-state index contributed by atoms with van der Waals surface area (Å²) >= 11 is 0. The molecule has 0 radical (unpaired) electrons. The van der Waals surface area contributed by atoms with Gasteiger partial charge in [-0.15, -0.1) is 25.1 Å². The molecule has 0 amide bonds. The predicted octanol–water partition coefficient (Wildman–Crippen LogP) is 11.2. The van der Waals surface area contributed by atoms with Crippen LogP contribution in [0.5, 0.6) is 0 Å². The second kappa shape index (κ2) is 15.1. The quantitative estimate of drug-likeness (QED) is 0.0862. The van der Waals surface area contributed by atoms with Gasteiger partial charge in [0, 0.05) is 17.1 Å². The first kappa shape index (κ1) is 33.2. The van der Waals surface area contributed by atoms with Crippen molar-refractivity contribution in [1.29, 1.82) is 0 Å². The van der Waals surface area contributed by atoms with E-state index in [1.807, 2.05) is 30.3 Å². The molecule has 0 nitrogen and oxygen atoms in total. The number of hydrogen-bond donors (Lipinski definition) is 0. The van der Waals surface area contributed by atoms with Gasteiger partial charge in [0.15, 0.2) is 0 Å². The van der Waals surface area contributed by atoms with Crippen LogP contribution in [0.4, 0.5) is 0 Å². The van der Waals surface area contributed by atoms with Crippen molar-refractivity contribution < 1.29 is 17.1 Å². The summed E-state index contributed by atoms with van der Waals surface area (Å²) in [4.78, 5) is 0. The number of rotatable bonds is 8. The minimum absolute atomic E-state index is 0. The summed E-state index contributed by atoms with van der Waals surface area (Å²) in [6.07, 6.45) is 12.3. The van der Waals surface area contributed by atoms with Gasteiger partial charge in [0.05, 0.1) is 0 Å². The molecule has 0 heterocycles. The van der Waals surface area contributed by atoms with Gasteiger partial charge in [-0.1, -0.05) is 110 Å². The van der Waals surface area contributed by atoms with E-state index in [2.05, 4.69) is 110 Å². The van der Waals surface area contributed by atoms with Crippen LogP contribution >= 0.6 is 15.8 Å². The molecule has 4 saturated carbocycles. The third-order valence-electron chi connectivity index (χ3n) is 11.9. The predicted molar refractivity (Wildman–Crippen MR) is 202 cm³/mol. The van der Waals surface area contributed by atoms with Crippen molar-refractivity contribution in [2.75, 3.05) is 0 Å². The van der Waals surface area contributed by atoms with Crippen LogP contribution in [0.3, 0.4) is 0 Å². The van der Waals surface area contributed by atoms with Crippen molar-refractivity contribution in [3.8, 4) is 11.1 Å². The molecule has 4 aliphatic carbocycles. The molecule has 4 fully saturated rings. The largest absolute Gasteiger partial charge is 0.748 e. The van der Waals surface area contributed by atoms with Crippen LogP contribution in [0.2, 0.25) is 0 Å². The zero-order valence-corrected chi connectivity index (χ0v) is 30.5. The van der Waals surface area contributed by atoms with Gasteiger partial charge >= 0.3 is 0 Å². The van der Waals surface area contributed by atoms with Crippen LogP contribution in [0.25, 0.3) is 11.1 Å². The summed E-state index contributed by atoms with van der Waals surface area (Å²) in [5.74, 6) is 4.15. The molecular weight excluding hydrogens is 646 g/mol. The Labute approximate surface area is 296 Å². The molecule has 6 unspecified atom stereocenters. The van der Waals surface area contributed by atoms with E-state index in [9.17, 15) is 0 Å². The zero-order chi connectivity index (χ0) is 30.9. The Morgan fingerprint density at radius 1 is 0.596 bits per heavy atom. The third kappa shape index (κ3) is 6.82. The fraction of sp³-hybridized carbons (Fsp3) is 0.364. The van der Waals surface area contributed by atoms with Crippen LogP contribution < -0.4 is 15.9 Å². The van der Waals surface area contributed by atoms with Crippen molar-refractivity contribution in [3.63, 3.8) is 0 Å². The molecule has 0 N–H and O–H groups in total. The molecule has 5 aromatic rings. The van der Waals surface area contributed by atoms with Crippen molar-refractivity contribution in [3.05, 3.63) is 139 Å². The molecule has 47 heavy (non-hydrogen) atoms. The minimum Gasteiger partial charge on any atom is -0.748 e. The topological polar surface area (TPSA) is 0 Å². The fourth-order valence-corrected chi connectivity index (χ4v) is 17.2. The standard InChI is InChI=1S/C39H43P2.C5H5.Fe/c1-27(40(38-25-28-19-21-30(38)23-28)39-26-29-20-22-31(39)24-29)34-16-10-17-35(34)36-15-8-9-18-37(36)41(32-11-4-2-5-12-32)33-13-6-3-7-14-33;1-2-4-5-3-1;/h2-18,27-31,38-39H,19-26H2,1H3;1-5H;/q-1;-5;/t27-,28?,29?,30?,31?,38?,39?,40?;;/m0../s1. The van der Waals surface area contributed by atoms with E-state index in [4.69, 9.17) is 0 Å². The summed E-state index contributed by atoms with van der Waals surface area (Å²) in [5.41, 5.74) is 7.38. The molecule has 0 aromatic heterocycles. The van der Waals surface area contributed by atoms with E-state index in [0.717, 1.165) is 35.0 Å². The number of fused-ring (bicyclic) bond motifs is 4. The second-order valence-electron chi connectivity index (χ2n) is 14.5. The van der Waals surface area contributed by atoms with Crippen molar-refractivity contribution in [1.82, 2.24) is 0 Å². The van der Waals surface area contributed by atoms with E-state index >= 15 is 0 Å². The smallest absolute Gasteiger partial charge is 0 e. The Kier molecular flexibility index (Phi) is 10.7. The van der Waals surface area contributed by atoms with Gasteiger partial charge in [0.1, 0.15) is 0 Å². The maximum Gasteiger partial charge on any atom is 0 e.